The van der Waals surface area contributed by atoms with Crippen molar-refractivity contribution >= 4 is 39.8 Å². The number of thiophene rings is 1. The van der Waals surface area contributed by atoms with Crippen LogP contribution in [0.25, 0.3) is 10.9 Å². The fourth-order valence-corrected chi connectivity index (χ4v) is 5.98. The smallest absolute Gasteiger partial charge is 0.225 e. The lowest BCUT2D eigenvalue weighted by molar-refractivity contribution is -0.119. The van der Waals surface area contributed by atoms with Crippen molar-refractivity contribution in [2.75, 3.05) is 30.9 Å². The van der Waals surface area contributed by atoms with E-state index in [1.54, 1.807) is 0 Å². The molecule has 0 bridgehead atoms. The number of nitrogens with zero attached hydrogens (tertiary/aromatic N) is 3. The highest BCUT2D eigenvalue weighted by atomic mass is 32.1. The molecule has 0 saturated heterocycles. The second-order valence-corrected chi connectivity index (χ2v) is 11.3. The first-order valence-electron chi connectivity index (χ1n) is 13.3. The Morgan fingerprint density at radius 1 is 0.971 bits per heavy atom. The van der Waals surface area contributed by atoms with Crippen molar-refractivity contribution in [3.63, 3.8) is 0 Å². The number of anilines is 2. The molecule has 0 radical (unpaired) electrons. The maximum absolute atomic E-state index is 12.2. The Labute approximate surface area is 214 Å². The normalized spacial score (nSPS) is 18.0. The van der Waals surface area contributed by atoms with Crippen molar-refractivity contribution in [2.24, 2.45) is 11.8 Å². The number of ketones is 1. The van der Waals surface area contributed by atoms with Gasteiger partial charge >= 0.3 is 0 Å². The molecule has 6 heteroatoms. The summed E-state index contributed by atoms with van der Waals surface area (Å²) in [4.78, 5) is 25.2. The Morgan fingerprint density at radius 3 is 2.51 bits per heavy atom. The molecule has 0 atom stereocenters. The molecule has 1 fully saturated rings. The Morgan fingerprint density at radius 2 is 1.74 bits per heavy atom. The van der Waals surface area contributed by atoms with E-state index >= 15 is 0 Å². The third-order valence-electron chi connectivity index (χ3n) is 7.30. The van der Waals surface area contributed by atoms with Crippen molar-refractivity contribution in [3.05, 3.63) is 46.7 Å². The van der Waals surface area contributed by atoms with E-state index in [0.29, 0.717) is 11.7 Å². The quantitative estimate of drug-likeness (QED) is 0.257. The minimum Gasteiger partial charge on any atom is -0.362 e. The number of rotatable bonds is 13. The monoisotopic (exact) mass is 492 g/mol. The summed E-state index contributed by atoms with van der Waals surface area (Å²) in [6, 6.07) is 12.5. The lowest BCUT2D eigenvalue weighted by Gasteiger charge is -2.28. The number of hydrogen-bond acceptors (Lipinski definition) is 6. The SMILES string of the molecule is CN(C)c1nc(NCC2CCC(CCCC(=O)CCCCc3cccs3)CC2)nc2ccccc12. The van der Waals surface area contributed by atoms with Gasteiger partial charge in [0.15, 0.2) is 0 Å². The van der Waals surface area contributed by atoms with E-state index in [9.17, 15) is 4.79 Å². The fraction of sp³-hybridized carbons (Fsp3) is 0.552. The molecule has 0 spiro atoms. The number of Topliss-reactive ketones (excluding diaryl/α,β-unsaturated/α-hetero) is 1. The molecule has 0 unspecified atom stereocenters. The first-order chi connectivity index (χ1) is 17.1. The van der Waals surface area contributed by atoms with Crippen LogP contribution in [0.5, 0.6) is 0 Å². The molecular weight excluding hydrogens is 452 g/mol. The summed E-state index contributed by atoms with van der Waals surface area (Å²) in [6.45, 7) is 0.932. The molecule has 188 valence electrons. The van der Waals surface area contributed by atoms with Gasteiger partial charge in [0.2, 0.25) is 5.95 Å². The number of fused-ring (bicyclic) bond motifs is 1. The average molecular weight is 493 g/mol. The molecule has 1 saturated carbocycles. The van der Waals surface area contributed by atoms with Crippen molar-refractivity contribution in [1.29, 1.82) is 0 Å². The Hall–Kier alpha value is -2.47. The van der Waals surface area contributed by atoms with Crippen LogP contribution in [0.3, 0.4) is 0 Å². The highest BCUT2D eigenvalue weighted by Crippen LogP contribution is 2.32. The van der Waals surface area contributed by atoms with Gasteiger partial charge in [-0.25, -0.2) is 4.98 Å². The van der Waals surface area contributed by atoms with Gasteiger partial charge in [-0.05, 0) is 73.9 Å². The van der Waals surface area contributed by atoms with Crippen LogP contribution in [0, 0.1) is 11.8 Å². The number of hydrogen-bond donors (Lipinski definition) is 1. The third-order valence-corrected chi connectivity index (χ3v) is 8.23. The van der Waals surface area contributed by atoms with Gasteiger partial charge in [-0.1, -0.05) is 37.5 Å². The minimum absolute atomic E-state index is 0.460. The maximum Gasteiger partial charge on any atom is 0.225 e. The number of nitrogens with one attached hydrogen (secondary N) is 1. The van der Waals surface area contributed by atoms with E-state index in [1.807, 2.05) is 37.6 Å². The van der Waals surface area contributed by atoms with Crippen molar-refractivity contribution in [3.8, 4) is 0 Å². The fourth-order valence-electron chi connectivity index (χ4n) is 5.23. The topological polar surface area (TPSA) is 58.1 Å². The number of carbonyl (C=O) groups is 1. The molecular formula is C29H40N4OS. The molecule has 3 aromatic rings. The van der Waals surface area contributed by atoms with Gasteiger partial charge in [-0.2, -0.15) is 4.98 Å². The van der Waals surface area contributed by atoms with Crippen LogP contribution in [0.2, 0.25) is 0 Å². The predicted octanol–water partition coefficient (Wildman–Crippen LogP) is 7.13. The van der Waals surface area contributed by atoms with Crippen LogP contribution in [0.1, 0.15) is 69.1 Å². The summed E-state index contributed by atoms with van der Waals surface area (Å²) < 4.78 is 0. The number of para-hydroxylation sites is 1. The van der Waals surface area contributed by atoms with E-state index < -0.39 is 0 Å². The zero-order valence-electron chi connectivity index (χ0n) is 21.3. The zero-order chi connectivity index (χ0) is 24.5. The van der Waals surface area contributed by atoms with Gasteiger partial charge in [-0.3, -0.25) is 4.79 Å². The number of benzene rings is 1. The third kappa shape index (κ3) is 7.76. The second kappa shape index (κ2) is 13.0. The van der Waals surface area contributed by atoms with Gasteiger partial charge in [0, 0.05) is 43.7 Å². The van der Waals surface area contributed by atoms with Crippen LogP contribution in [0.15, 0.2) is 41.8 Å². The number of unbranched alkanes of at least 4 members (excludes halogenated alkanes) is 1. The molecule has 1 aliphatic rings. The maximum atomic E-state index is 12.2. The van der Waals surface area contributed by atoms with Crippen LogP contribution in [0.4, 0.5) is 11.8 Å². The highest BCUT2D eigenvalue weighted by molar-refractivity contribution is 7.09. The first-order valence-corrected chi connectivity index (χ1v) is 14.2. The lowest BCUT2D eigenvalue weighted by Crippen LogP contribution is -2.22. The molecule has 1 aliphatic carbocycles. The van der Waals surface area contributed by atoms with Gasteiger partial charge in [0.1, 0.15) is 11.6 Å². The van der Waals surface area contributed by atoms with Gasteiger partial charge in [0.05, 0.1) is 5.52 Å². The van der Waals surface area contributed by atoms with E-state index in [0.717, 1.165) is 73.7 Å². The molecule has 5 nitrogen and oxygen atoms in total. The van der Waals surface area contributed by atoms with E-state index in [-0.39, 0.29) is 0 Å². The lowest BCUT2D eigenvalue weighted by atomic mass is 9.79. The molecule has 4 rings (SSSR count). The number of aromatic nitrogens is 2. The Balaban J connectivity index is 1.11. The summed E-state index contributed by atoms with van der Waals surface area (Å²) in [6.07, 6.45) is 12.2. The molecule has 35 heavy (non-hydrogen) atoms. The average Bonchev–Trinajstić information content (AvgIpc) is 3.39. The van der Waals surface area contributed by atoms with Crippen LogP contribution >= 0.6 is 11.3 Å². The second-order valence-electron chi connectivity index (χ2n) is 10.3. The Bertz CT molecular complexity index is 1060. The number of carbonyl (C=O) groups excluding carboxylic acids is 1. The van der Waals surface area contributed by atoms with E-state index in [1.165, 1.54) is 37.0 Å². The van der Waals surface area contributed by atoms with Crippen LogP contribution in [-0.2, 0) is 11.2 Å². The van der Waals surface area contributed by atoms with Crippen molar-refractivity contribution in [2.45, 2.75) is 70.6 Å². The molecule has 0 aliphatic heterocycles. The Kier molecular flexibility index (Phi) is 9.52. The summed E-state index contributed by atoms with van der Waals surface area (Å²) >= 11 is 1.82. The van der Waals surface area contributed by atoms with E-state index in [2.05, 4.69) is 39.9 Å². The molecule has 2 heterocycles. The van der Waals surface area contributed by atoms with Crippen molar-refractivity contribution < 1.29 is 4.79 Å². The van der Waals surface area contributed by atoms with Crippen molar-refractivity contribution in [1.82, 2.24) is 9.97 Å². The molecule has 1 N–H and O–H groups in total. The summed E-state index contributed by atoms with van der Waals surface area (Å²) in [5.74, 6) is 3.60. The van der Waals surface area contributed by atoms with Gasteiger partial charge < -0.3 is 10.2 Å². The summed E-state index contributed by atoms with van der Waals surface area (Å²) in [5.41, 5.74) is 0.981. The van der Waals surface area contributed by atoms with Crippen LogP contribution < -0.4 is 10.2 Å². The highest BCUT2D eigenvalue weighted by Gasteiger charge is 2.21. The molecule has 0 amide bonds. The minimum atomic E-state index is 0.460. The zero-order valence-corrected chi connectivity index (χ0v) is 22.2. The standard InChI is InChI=1S/C29H40N4OS/c1-33(2)28-26-14-5-6-15-27(26)31-29(32-28)30-21-23-18-16-22(17-19-23)9-7-11-24(34)10-3-4-12-25-13-8-20-35-25/h5-6,8,13-15,20,22-23H,3-4,7,9-12,16-19,21H2,1-2H3,(H,30,31,32). The number of aryl methyl sites for hydroxylation is 1. The summed E-state index contributed by atoms with van der Waals surface area (Å²) in [5, 5.41) is 6.73. The molecule has 2 aromatic heterocycles. The van der Waals surface area contributed by atoms with Gasteiger partial charge in [0.25, 0.3) is 0 Å². The molecule has 1 aromatic carbocycles. The van der Waals surface area contributed by atoms with E-state index in [4.69, 9.17) is 9.97 Å². The van der Waals surface area contributed by atoms with Crippen LogP contribution in [-0.4, -0.2) is 36.4 Å². The largest absolute Gasteiger partial charge is 0.362 e. The van der Waals surface area contributed by atoms with Gasteiger partial charge in [-0.15, -0.1) is 11.3 Å². The predicted molar refractivity (Wildman–Crippen MR) is 149 cm³/mol. The summed E-state index contributed by atoms with van der Waals surface area (Å²) in [7, 11) is 4.06. The first kappa shape index (κ1) is 25.6.